The minimum atomic E-state index is 0.348. The second-order valence-corrected chi connectivity index (χ2v) is 4.96. The molecule has 0 spiro atoms. The van der Waals surface area contributed by atoms with Crippen LogP contribution in [0.2, 0.25) is 0 Å². The fraction of sp³-hybridized carbons (Fsp3) is 0.294. The minimum Gasteiger partial charge on any atom is -0.381 e. The van der Waals surface area contributed by atoms with Gasteiger partial charge in [0, 0.05) is 11.7 Å². The SMILES string of the molecule is C=Cc1ccccc1NC(CC(=C)C)CC(=C)C. The van der Waals surface area contributed by atoms with Crippen LogP contribution in [0.3, 0.4) is 0 Å². The molecular formula is C17H23N. The molecule has 0 unspecified atom stereocenters. The Kier molecular flexibility index (Phi) is 5.44. The highest BCUT2D eigenvalue weighted by Crippen LogP contribution is 2.21. The first-order chi connectivity index (χ1) is 8.52. The molecule has 0 saturated carbocycles. The van der Waals surface area contributed by atoms with Crippen molar-refractivity contribution >= 4 is 11.8 Å². The Morgan fingerprint density at radius 3 is 2.22 bits per heavy atom. The van der Waals surface area contributed by atoms with E-state index in [0.29, 0.717) is 6.04 Å². The van der Waals surface area contributed by atoms with Crippen molar-refractivity contribution in [3.8, 4) is 0 Å². The number of hydrogen-bond donors (Lipinski definition) is 1. The van der Waals surface area contributed by atoms with E-state index in [1.54, 1.807) is 0 Å². The second-order valence-electron chi connectivity index (χ2n) is 4.96. The molecule has 1 N–H and O–H groups in total. The molecule has 0 radical (unpaired) electrons. The predicted molar refractivity (Wildman–Crippen MR) is 82.8 cm³/mol. The zero-order chi connectivity index (χ0) is 13.5. The molecule has 0 amide bonds. The van der Waals surface area contributed by atoms with E-state index in [0.717, 1.165) is 24.1 Å². The normalized spacial score (nSPS) is 10.2. The molecule has 0 atom stereocenters. The summed E-state index contributed by atoms with van der Waals surface area (Å²) < 4.78 is 0. The lowest BCUT2D eigenvalue weighted by molar-refractivity contribution is 0.702. The van der Waals surface area contributed by atoms with E-state index in [1.165, 1.54) is 11.1 Å². The van der Waals surface area contributed by atoms with Crippen molar-refractivity contribution in [3.05, 3.63) is 60.7 Å². The number of rotatable bonds is 7. The van der Waals surface area contributed by atoms with Gasteiger partial charge in [0.1, 0.15) is 0 Å². The average molecular weight is 241 g/mol. The molecule has 0 heterocycles. The average Bonchev–Trinajstić information content (AvgIpc) is 2.27. The molecule has 1 aromatic rings. The smallest absolute Gasteiger partial charge is 0.0415 e. The molecule has 96 valence electrons. The van der Waals surface area contributed by atoms with E-state index in [4.69, 9.17) is 0 Å². The van der Waals surface area contributed by atoms with Crippen LogP contribution in [0.25, 0.3) is 6.08 Å². The summed E-state index contributed by atoms with van der Waals surface area (Å²) in [5.41, 5.74) is 4.63. The monoisotopic (exact) mass is 241 g/mol. The molecule has 0 saturated heterocycles. The van der Waals surface area contributed by atoms with Crippen LogP contribution >= 0.6 is 0 Å². The van der Waals surface area contributed by atoms with Crippen molar-refractivity contribution in [1.29, 1.82) is 0 Å². The summed E-state index contributed by atoms with van der Waals surface area (Å²) >= 11 is 0. The Hall–Kier alpha value is -1.76. The van der Waals surface area contributed by atoms with Gasteiger partial charge in [0.2, 0.25) is 0 Å². The molecule has 0 bridgehead atoms. The van der Waals surface area contributed by atoms with Crippen molar-refractivity contribution in [2.24, 2.45) is 0 Å². The van der Waals surface area contributed by atoms with E-state index < -0.39 is 0 Å². The number of hydrogen-bond acceptors (Lipinski definition) is 1. The van der Waals surface area contributed by atoms with Crippen molar-refractivity contribution < 1.29 is 0 Å². The van der Waals surface area contributed by atoms with Gasteiger partial charge in [-0.05, 0) is 38.3 Å². The van der Waals surface area contributed by atoms with Crippen LogP contribution in [0.4, 0.5) is 5.69 Å². The van der Waals surface area contributed by atoms with Crippen LogP contribution in [0.15, 0.2) is 55.1 Å². The molecule has 0 aliphatic heterocycles. The maximum atomic E-state index is 4.00. The van der Waals surface area contributed by atoms with Gasteiger partial charge in [-0.1, -0.05) is 42.0 Å². The lowest BCUT2D eigenvalue weighted by Gasteiger charge is -2.21. The van der Waals surface area contributed by atoms with E-state index in [2.05, 4.69) is 51.0 Å². The molecule has 18 heavy (non-hydrogen) atoms. The number of benzene rings is 1. The highest BCUT2D eigenvalue weighted by Gasteiger charge is 2.10. The van der Waals surface area contributed by atoms with E-state index >= 15 is 0 Å². The van der Waals surface area contributed by atoms with Crippen molar-refractivity contribution in [1.82, 2.24) is 0 Å². The van der Waals surface area contributed by atoms with Crippen LogP contribution in [0, 0.1) is 0 Å². The Bertz CT molecular complexity index is 427. The predicted octanol–water partition coefficient (Wildman–Crippen LogP) is 5.04. The Balaban J connectivity index is 2.84. The molecule has 0 aliphatic rings. The summed E-state index contributed by atoms with van der Waals surface area (Å²) in [6, 6.07) is 8.55. The Labute approximate surface area is 111 Å². The standard InChI is InChI=1S/C17H23N/c1-6-15-9-7-8-10-17(15)18-16(11-13(2)3)12-14(4)5/h6-10,16,18H,1-2,4,11-12H2,3,5H3. The van der Waals surface area contributed by atoms with E-state index in [-0.39, 0.29) is 0 Å². The summed E-state index contributed by atoms with van der Waals surface area (Å²) in [5, 5.41) is 3.57. The molecule has 1 heteroatoms. The van der Waals surface area contributed by atoms with Gasteiger partial charge in [0.15, 0.2) is 0 Å². The second kappa shape index (κ2) is 6.85. The molecule has 1 rings (SSSR count). The number of anilines is 1. The van der Waals surface area contributed by atoms with Crippen LogP contribution in [-0.2, 0) is 0 Å². The first-order valence-electron chi connectivity index (χ1n) is 6.29. The number of para-hydroxylation sites is 1. The first-order valence-corrected chi connectivity index (χ1v) is 6.29. The van der Waals surface area contributed by atoms with Gasteiger partial charge in [-0.2, -0.15) is 0 Å². The lowest BCUT2D eigenvalue weighted by atomic mass is 10.0. The quantitative estimate of drug-likeness (QED) is 0.659. The van der Waals surface area contributed by atoms with Gasteiger partial charge < -0.3 is 5.32 Å². The van der Waals surface area contributed by atoms with Crippen molar-refractivity contribution in [2.75, 3.05) is 5.32 Å². The zero-order valence-electron chi connectivity index (χ0n) is 11.5. The maximum absolute atomic E-state index is 4.00. The third-order valence-corrected chi connectivity index (χ3v) is 2.73. The first kappa shape index (κ1) is 14.3. The third-order valence-electron chi connectivity index (χ3n) is 2.73. The minimum absolute atomic E-state index is 0.348. The zero-order valence-corrected chi connectivity index (χ0v) is 11.5. The van der Waals surface area contributed by atoms with Gasteiger partial charge in [0.05, 0.1) is 0 Å². The lowest BCUT2D eigenvalue weighted by Crippen LogP contribution is -2.20. The fourth-order valence-corrected chi connectivity index (χ4v) is 2.04. The summed E-state index contributed by atoms with van der Waals surface area (Å²) in [6.45, 7) is 16.0. The van der Waals surface area contributed by atoms with E-state index in [9.17, 15) is 0 Å². The third kappa shape index (κ3) is 4.62. The Morgan fingerprint density at radius 1 is 1.17 bits per heavy atom. The molecular weight excluding hydrogens is 218 g/mol. The molecule has 0 aliphatic carbocycles. The van der Waals surface area contributed by atoms with Crippen molar-refractivity contribution in [3.63, 3.8) is 0 Å². The summed E-state index contributed by atoms with van der Waals surface area (Å²) in [7, 11) is 0. The van der Waals surface area contributed by atoms with Gasteiger partial charge in [-0.15, -0.1) is 13.2 Å². The number of nitrogens with one attached hydrogen (secondary N) is 1. The fourth-order valence-electron chi connectivity index (χ4n) is 2.04. The van der Waals surface area contributed by atoms with Gasteiger partial charge in [-0.25, -0.2) is 0 Å². The van der Waals surface area contributed by atoms with Gasteiger partial charge in [0.25, 0.3) is 0 Å². The summed E-state index contributed by atoms with van der Waals surface area (Å²) in [5.74, 6) is 0. The highest BCUT2D eigenvalue weighted by molar-refractivity contribution is 5.65. The van der Waals surface area contributed by atoms with Crippen LogP contribution in [0.1, 0.15) is 32.3 Å². The summed E-state index contributed by atoms with van der Waals surface area (Å²) in [6.07, 6.45) is 3.79. The summed E-state index contributed by atoms with van der Waals surface area (Å²) in [4.78, 5) is 0. The molecule has 0 fully saturated rings. The van der Waals surface area contributed by atoms with E-state index in [1.807, 2.05) is 18.2 Å². The molecule has 1 nitrogen and oxygen atoms in total. The highest BCUT2D eigenvalue weighted by atomic mass is 14.9. The molecule has 0 aromatic heterocycles. The topological polar surface area (TPSA) is 12.0 Å². The van der Waals surface area contributed by atoms with Gasteiger partial charge >= 0.3 is 0 Å². The van der Waals surface area contributed by atoms with Crippen molar-refractivity contribution in [2.45, 2.75) is 32.7 Å². The van der Waals surface area contributed by atoms with Crippen LogP contribution in [-0.4, -0.2) is 6.04 Å². The van der Waals surface area contributed by atoms with Crippen LogP contribution < -0.4 is 5.32 Å². The largest absolute Gasteiger partial charge is 0.381 e. The van der Waals surface area contributed by atoms with Crippen LogP contribution in [0.5, 0.6) is 0 Å². The molecule has 1 aromatic carbocycles. The maximum Gasteiger partial charge on any atom is 0.0415 e. The Morgan fingerprint density at radius 2 is 1.72 bits per heavy atom. The van der Waals surface area contributed by atoms with Gasteiger partial charge in [-0.3, -0.25) is 0 Å².